The number of rotatable bonds is 4. The monoisotopic (exact) mass is 281 g/mol. The lowest BCUT2D eigenvalue weighted by Crippen LogP contribution is -2.32. The van der Waals surface area contributed by atoms with Gasteiger partial charge in [0.25, 0.3) is 5.91 Å². The number of halogens is 1. The molecule has 1 aliphatic rings. The molecule has 1 aliphatic heterocycles. The quantitative estimate of drug-likeness (QED) is 0.920. The second-order valence-electron chi connectivity index (χ2n) is 5.15. The van der Waals surface area contributed by atoms with E-state index in [4.69, 9.17) is 11.6 Å². The van der Waals surface area contributed by atoms with Crippen molar-refractivity contribution in [1.82, 2.24) is 15.2 Å². The summed E-state index contributed by atoms with van der Waals surface area (Å²) in [5.41, 5.74) is 0.500. The van der Waals surface area contributed by atoms with E-state index in [9.17, 15) is 4.79 Å². The van der Waals surface area contributed by atoms with Crippen molar-refractivity contribution < 1.29 is 4.79 Å². The van der Waals surface area contributed by atoms with Crippen molar-refractivity contribution in [2.75, 3.05) is 26.7 Å². The van der Waals surface area contributed by atoms with Gasteiger partial charge in [0.1, 0.15) is 0 Å². The summed E-state index contributed by atoms with van der Waals surface area (Å²) >= 11 is 5.93. The van der Waals surface area contributed by atoms with E-state index in [0.29, 0.717) is 17.1 Å². The molecule has 104 valence electrons. The molecule has 4 nitrogen and oxygen atoms in total. The van der Waals surface area contributed by atoms with Gasteiger partial charge in [-0.1, -0.05) is 11.6 Å². The first-order chi connectivity index (χ1) is 9.16. The second kappa shape index (κ2) is 6.87. The van der Waals surface area contributed by atoms with Crippen molar-refractivity contribution in [2.45, 2.75) is 19.3 Å². The average Bonchev–Trinajstić information content (AvgIpc) is 2.41. The highest BCUT2D eigenvalue weighted by Gasteiger charge is 2.17. The highest BCUT2D eigenvalue weighted by Crippen LogP contribution is 2.19. The molecule has 0 atom stereocenters. The molecule has 1 N–H and O–H groups in total. The molecule has 1 amide bonds. The van der Waals surface area contributed by atoms with Crippen molar-refractivity contribution in [1.29, 1.82) is 0 Å². The third kappa shape index (κ3) is 4.18. The van der Waals surface area contributed by atoms with Crippen LogP contribution in [0.1, 0.15) is 29.6 Å². The Labute approximate surface area is 119 Å². The summed E-state index contributed by atoms with van der Waals surface area (Å²) in [6.07, 6.45) is 6.57. The van der Waals surface area contributed by atoms with Crippen LogP contribution in [0.4, 0.5) is 0 Å². The number of aromatic nitrogens is 1. The van der Waals surface area contributed by atoms with E-state index in [-0.39, 0.29) is 5.91 Å². The van der Waals surface area contributed by atoms with Crippen molar-refractivity contribution in [2.24, 2.45) is 5.92 Å². The Bertz CT molecular complexity index is 430. The Kier molecular flexibility index (Phi) is 5.16. The maximum Gasteiger partial charge on any atom is 0.252 e. The van der Waals surface area contributed by atoms with Gasteiger partial charge in [0, 0.05) is 18.9 Å². The molecule has 0 radical (unpaired) electrons. The van der Waals surface area contributed by atoms with E-state index in [1.165, 1.54) is 19.0 Å². The van der Waals surface area contributed by atoms with Crippen molar-refractivity contribution in [3.05, 3.63) is 29.0 Å². The van der Waals surface area contributed by atoms with Gasteiger partial charge in [-0.05, 0) is 51.4 Å². The molecule has 1 aromatic rings. The van der Waals surface area contributed by atoms with Crippen LogP contribution in [-0.4, -0.2) is 42.5 Å². The first-order valence-corrected chi connectivity index (χ1v) is 7.11. The molecule has 1 saturated heterocycles. The average molecular weight is 282 g/mol. The van der Waals surface area contributed by atoms with Crippen LogP contribution in [0.3, 0.4) is 0 Å². The topological polar surface area (TPSA) is 45.2 Å². The molecular weight excluding hydrogens is 262 g/mol. The van der Waals surface area contributed by atoms with Crippen LogP contribution >= 0.6 is 11.6 Å². The minimum absolute atomic E-state index is 0.111. The molecule has 2 heterocycles. The summed E-state index contributed by atoms with van der Waals surface area (Å²) in [4.78, 5) is 18.2. The predicted molar refractivity (Wildman–Crippen MR) is 76.4 cm³/mol. The largest absolute Gasteiger partial charge is 0.352 e. The summed E-state index contributed by atoms with van der Waals surface area (Å²) < 4.78 is 0. The lowest BCUT2D eigenvalue weighted by molar-refractivity contribution is 0.0949. The first-order valence-electron chi connectivity index (χ1n) is 6.73. The van der Waals surface area contributed by atoms with Gasteiger partial charge in [-0.25, -0.2) is 0 Å². The van der Waals surface area contributed by atoms with Gasteiger partial charge in [-0.3, -0.25) is 9.78 Å². The van der Waals surface area contributed by atoms with Crippen LogP contribution in [0, 0.1) is 5.92 Å². The Morgan fingerprint density at radius 3 is 2.95 bits per heavy atom. The fraction of sp³-hybridized carbons (Fsp3) is 0.571. The summed E-state index contributed by atoms with van der Waals surface area (Å²) in [5, 5.41) is 3.34. The fourth-order valence-corrected chi connectivity index (χ4v) is 2.60. The van der Waals surface area contributed by atoms with Crippen LogP contribution in [0.15, 0.2) is 18.5 Å². The molecular formula is C14H20ClN3O. The molecule has 19 heavy (non-hydrogen) atoms. The van der Waals surface area contributed by atoms with Gasteiger partial charge in [0.15, 0.2) is 0 Å². The minimum atomic E-state index is -0.111. The number of carbonyl (C=O) groups is 1. The number of nitrogens with one attached hydrogen (secondary N) is 1. The number of hydrogen-bond donors (Lipinski definition) is 1. The number of likely N-dealkylation sites (tertiary alicyclic amines) is 1. The lowest BCUT2D eigenvalue weighted by atomic mass is 9.94. The maximum atomic E-state index is 11.9. The zero-order valence-electron chi connectivity index (χ0n) is 11.2. The van der Waals surface area contributed by atoms with Crippen LogP contribution in [0.2, 0.25) is 5.02 Å². The molecule has 2 rings (SSSR count). The lowest BCUT2D eigenvalue weighted by Gasteiger charge is -2.28. The molecule has 1 aromatic heterocycles. The number of pyridine rings is 1. The molecule has 0 bridgehead atoms. The summed E-state index contributed by atoms with van der Waals surface area (Å²) in [5.74, 6) is 0.615. The smallest absolute Gasteiger partial charge is 0.252 e. The third-order valence-electron chi connectivity index (χ3n) is 3.69. The van der Waals surface area contributed by atoms with Gasteiger partial charge in [0.05, 0.1) is 10.6 Å². The molecule has 1 fully saturated rings. The molecule has 0 spiro atoms. The van der Waals surface area contributed by atoms with Crippen molar-refractivity contribution >= 4 is 17.5 Å². The molecule has 0 unspecified atom stereocenters. The van der Waals surface area contributed by atoms with Gasteiger partial charge in [-0.2, -0.15) is 0 Å². The number of amides is 1. The van der Waals surface area contributed by atoms with Gasteiger partial charge in [0.2, 0.25) is 0 Å². The van der Waals surface area contributed by atoms with E-state index < -0.39 is 0 Å². The maximum absolute atomic E-state index is 11.9. The SMILES string of the molecule is CN1CCC(CCNC(=O)c2ccncc2Cl)CC1. The predicted octanol–water partition coefficient (Wildman–Crippen LogP) is 2.20. The number of nitrogens with zero attached hydrogens (tertiary/aromatic N) is 2. The van der Waals surface area contributed by atoms with E-state index >= 15 is 0 Å². The fourth-order valence-electron chi connectivity index (χ4n) is 2.40. The standard InChI is InChI=1S/C14H20ClN3O/c1-18-8-4-11(5-9-18)2-7-17-14(19)12-3-6-16-10-13(12)15/h3,6,10-11H,2,4-5,7-9H2,1H3,(H,17,19). The van der Waals surface area contributed by atoms with E-state index in [0.717, 1.165) is 25.4 Å². The number of carbonyl (C=O) groups excluding carboxylic acids is 1. The summed E-state index contributed by atoms with van der Waals surface area (Å²) in [6.45, 7) is 3.04. The van der Waals surface area contributed by atoms with E-state index in [1.807, 2.05) is 0 Å². The highest BCUT2D eigenvalue weighted by atomic mass is 35.5. The molecule has 0 saturated carbocycles. The zero-order chi connectivity index (χ0) is 13.7. The minimum Gasteiger partial charge on any atom is -0.352 e. The first kappa shape index (κ1) is 14.3. The molecule has 5 heteroatoms. The molecule has 0 aliphatic carbocycles. The molecule has 0 aromatic carbocycles. The van der Waals surface area contributed by atoms with Crippen molar-refractivity contribution in [3.8, 4) is 0 Å². The normalized spacial score (nSPS) is 17.4. The Morgan fingerprint density at radius 1 is 1.53 bits per heavy atom. The third-order valence-corrected chi connectivity index (χ3v) is 3.99. The van der Waals surface area contributed by atoms with Crippen molar-refractivity contribution in [3.63, 3.8) is 0 Å². The van der Waals surface area contributed by atoms with Crippen LogP contribution in [-0.2, 0) is 0 Å². The highest BCUT2D eigenvalue weighted by molar-refractivity contribution is 6.33. The summed E-state index contributed by atoms with van der Waals surface area (Å²) in [6, 6.07) is 1.65. The Hall–Kier alpha value is -1.13. The van der Waals surface area contributed by atoms with Crippen LogP contribution in [0.25, 0.3) is 0 Å². The van der Waals surface area contributed by atoms with Crippen LogP contribution < -0.4 is 5.32 Å². The Morgan fingerprint density at radius 2 is 2.26 bits per heavy atom. The van der Waals surface area contributed by atoms with Gasteiger partial charge < -0.3 is 10.2 Å². The van der Waals surface area contributed by atoms with E-state index in [1.54, 1.807) is 12.3 Å². The number of piperidine rings is 1. The zero-order valence-corrected chi connectivity index (χ0v) is 12.0. The van der Waals surface area contributed by atoms with E-state index in [2.05, 4.69) is 22.2 Å². The Balaban J connectivity index is 1.74. The summed E-state index contributed by atoms with van der Waals surface area (Å²) in [7, 11) is 2.16. The van der Waals surface area contributed by atoms with Gasteiger partial charge in [-0.15, -0.1) is 0 Å². The second-order valence-corrected chi connectivity index (χ2v) is 5.55. The van der Waals surface area contributed by atoms with Gasteiger partial charge >= 0.3 is 0 Å². The number of hydrogen-bond acceptors (Lipinski definition) is 3. The van der Waals surface area contributed by atoms with Crippen LogP contribution in [0.5, 0.6) is 0 Å².